The van der Waals surface area contributed by atoms with E-state index in [1.165, 1.54) is 20.1 Å². The van der Waals surface area contributed by atoms with Crippen LogP contribution in [-0.4, -0.2) is 92.1 Å². The van der Waals surface area contributed by atoms with Crippen LogP contribution in [0.2, 0.25) is 0 Å². The molecule has 3 rings (SSSR count). The lowest BCUT2D eigenvalue weighted by Gasteiger charge is -2.45. The number of esters is 6. The molecule has 0 amide bonds. The third-order valence-electron chi connectivity index (χ3n) is 6.37. The lowest BCUT2D eigenvalue weighted by atomic mass is 9.88. The molecule has 0 aromatic heterocycles. The van der Waals surface area contributed by atoms with Crippen molar-refractivity contribution in [1.82, 2.24) is 0 Å². The Kier molecular flexibility index (Phi) is 11.1. The minimum atomic E-state index is -1.52. The SMILES string of the molecule is CC(=O)OCC1=C[C@@H](OC(C)=O)[C@@H]2C=CO[C@H](O[C@@H]3O[C@@H](COC(C)=O)[C@@H](OC(C)=O)[C@H](OC(C)=O)[C@@H]3OC(C)=O)[C@@H]12. The number of hydrogen-bond donors (Lipinski definition) is 0. The summed E-state index contributed by atoms with van der Waals surface area (Å²) >= 11 is 0. The minimum absolute atomic E-state index is 0.163. The second-order valence-corrected chi connectivity index (χ2v) is 9.74. The van der Waals surface area contributed by atoms with Gasteiger partial charge in [0.05, 0.1) is 12.2 Å². The summed E-state index contributed by atoms with van der Waals surface area (Å²) in [4.78, 5) is 71.1. The molecule has 15 nitrogen and oxygen atoms in total. The molecule has 42 heavy (non-hydrogen) atoms. The highest BCUT2D eigenvalue weighted by Crippen LogP contribution is 2.43. The summed E-state index contributed by atoms with van der Waals surface area (Å²) in [5.74, 6) is -5.31. The normalized spacial score (nSPS) is 31.4. The smallest absolute Gasteiger partial charge is 0.303 e. The number of carbonyl (C=O) groups is 6. The van der Waals surface area contributed by atoms with Crippen molar-refractivity contribution in [2.75, 3.05) is 13.2 Å². The maximum atomic E-state index is 12.1. The molecule has 1 fully saturated rings. The molecule has 0 spiro atoms. The topological polar surface area (TPSA) is 185 Å². The maximum absolute atomic E-state index is 12.1. The molecular weight excluding hydrogens is 564 g/mol. The van der Waals surface area contributed by atoms with E-state index in [-0.39, 0.29) is 6.61 Å². The van der Waals surface area contributed by atoms with Crippen LogP contribution >= 0.6 is 0 Å². The molecule has 0 N–H and O–H groups in total. The van der Waals surface area contributed by atoms with Crippen LogP contribution in [0.4, 0.5) is 0 Å². The van der Waals surface area contributed by atoms with Gasteiger partial charge in [-0.1, -0.05) is 0 Å². The third-order valence-corrected chi connectivity index (χ3v) is 6.37. The number of fused-ring (bicyclic) bond motifs is 1. The van der Waals surface area contributed by atoms with E-state index >= 15 is 0 Å². The van der Waals surface area contributed by atoms with Gasteiger partial charge < -0.3 is 42.6 Å². The van der Waals surface area contributed by atoms with Crippen molar-refractivity contribution in [3.8, 4) is 0 Å². The van der Waals surface area contributed by atoms with Gasteiger partial charge in [-0.3, -0.25) is 28.8 Å². The first kappa shape index (κ1) is 32.5. The number of hydrogen-bond acceptors (Lipinski definition) is 15. The molecule has 1 aliphatic carbocycles. The molecule has 0 unspecified atom stereocenters. The van der Waals surface area contributed by atoms with Crippen molar-refractivity contribution >= 4 is 35.8 Å². The zero-order valence-electron chi connectivity index (χ0n) is 24.0. The number of ether oxygens (including phenoxy) is 9. The number of rotatable bonds is 10. The van der Waals surface area contributed by atoms with Gasteiger partial charge in [0.2, 0.25) is 12.6 Å². The van der Waals surface area contributed by atoms with Crippen LogP contribution in [-0.2, 0) is 71.4 Å². The van der Waals surface area contributed by atoms with Crippen molar-refractivity contribution < 1.29 is 71.4 Å². The van der Waals surface area contributed by atoms with Crippen molar-refractivity contribution in [3.63, 3.8) is 0 Å². The van der Waals surface area contributed by atoms with Gasteiger partial charge in [-0.25, -0.2) is 0 Å². The molecule has 0 saturated carbocycles. The van der Waals surface area contributed by atoms with E-state index in [1.54, 1.807) is 12.2 Å². The molecule has 0 aromatic carbocycles. The molecule has 1 saturated heterocycles. The van der Waals surface area contributed by atoms with E-state index < -0.39 is 97.4 Å². The van der Waals surface area contributed by atoms with Crippen molar-refractivity contribution in [2.45, 2.75) is 84.6 Å². The summed E-state index contributed by atoms with van der Waals surface area (Å²) in [7, 11) is 0. The summed E-state index contributed by atoms with van der Waals surface area (Å²) in [5, 5.41) is 0. The van der Waals surface area contributed by atoms with E-state index in [4.69, 9.17) is 42.6 Å². The highest BCUT2D eigenvalue weighted by molar-refractivity contribution is 5.69. The Bertz CT molecular complexity index is 1130. The van der Waals surface area contributed by atoms with Gasteiger partial charge in [-0.05, 0) is 17.7 Å². The molecular formula is C27H34O15. The molecule has 0 aromatic rings. The quantitative estimate of drug-likeness (QED) is 0.193. The van der Waals surface area contributed by atoms with Gasteiger partial charge >= 0.3 is 35.8 Å². The van der Waals surface area contributed by atoms with E-state index in [2.05, 4.69) is 0 Å². The van der Waals surface area contributed by atoms with Crippen LogP contribution in [0.3, 0.4) is 0 Å². The second-order valence-electron chi connectivity index (χ2n) is 9.74. The molecule has 0 radical (unpaired) electrons. The van der Waals surface area contributed by atoms with E-state index in [0.717, 1.165) is 27.7 Å². The van der Waals surface area contributed by atoms with Crippen LogP contribution < -0.4 is 0 Å². The molecule has 15 heteroatoms. The summed E-state index contributed by atoms with van der Waals surface area (Å²) in [6, 6.07) is 0. The van der Waals surface area contributed by atoms with Crippen LogP contribution in [0.5, 0.6) is 0 Å². The lowest BCUT2D eigenvalue weighted by Crippen LogP contribution is -2.63. The molecule has 232 valence electrons. The first-order valence-electron chi connectivity index (χ1n) is 13.1. The third kappa shape index (κ3) is 8.52. The van der Waals surface area contributed by atoms with E-state index in [9.17, 15) is 28.8 Å². The molecule has 9 atom stereocenters. The Morgan fingerprint density at radius 2 is 1.26 bits per heavy atom. The van der Waals surface area contributed by atoms with Crippen molar-refractivity contribution in [3.05, 3.63) is 24.0 Å². The summed E-state index contributed by atoms with van der Waals surface area (Å²) in [6.07, 6.45) is -4.37. The molecule has 2 aliphatic heterocycles. The number of carbonyl (C=O) groups excluding carboxylic acids is 6. The molecule has 2 heterocycles. The Hall–Kier alpha value is -3.98. The Balaban J connectivity index is 1.99. The average molecular weight is 599 g/mol. The molecule has 3 aliphatic rings. The highest BCUT2D eigenvalue weighted by Gasteiger charge is 2.55. The Labute approximate surface area is 241 Å². The fourth-order valence-electron chi connectivity index (χ4n) is 4.95. The van der Waals surface area contributed by atoms with Crippen LogP contribution in [0.1, 0.15) is 41.5 Å². The predicted molar refractivity (Wildman–Crippen MR) is 134 cm³/mol. The van der Waals surface area contributed by atoms with Crippen LogP contribution in [0, 0.1) is 11.8 Å². The zero-order chi connectivity index (χ0) is 31.1. The Morgan fingerprint density at radius 3 is 1.83 bits per heavy atom. The largest absolute Gasteiger partial charge is 0.472 e. The van der Waals surface area contributed by atoms with E-state index in [1.807, 2.05) is 0 Å². The first-order chi connectivity index (χ1) is 19.8. The first-order valence-corrected chi connectivity index (χ1v) is 13.1. The minimum Gasteiger partial charge on any atom is -0.472 e. The van der Waals surface area contributed by atoms with Gasteiger partial charge in [0.25, 0.3) is 0 Å². The van der Waals surface area contributed by atoms with E-state index in [0.29, 0.717) is 5.57 Å². The van der Waals surface area contributed by atoms with Gasteiger partial charge in [-0.2, -0.15) is 0 Å². The highest BCUT2D eigenvalue weighted by atomic mass is 16.8. The summed E-state index contributed by atoms with van der Waals surface area (Å²) in [6.45, 7) is 6.34. The molecule has 0 bridgehead atoms. The van der Waals surface area contributed by atoms with Crippen molar-refractivity contribution in [1.29, 1.82) is 0 Å². The van der Waals surface area contributed by atoms with Gasteiger partial charge in [0, 0.05) is 47.5 Å². The standard InChI is InChI=1S/C27H34O15/c1-12(28)35-10-18-9-20(37-14(3)30)19-7-8-34-26(22(18)19)42-27-25(40-17(6)33)24(39-16(5)32)23(38-15(4)31)21(41-27)11-36-13(2)29/h7-9,19-27H,10-11H2,1-6H3/t19-,20+,21-,22-,23+,24-,25-,26+,27-/m0/s1. The van der Waals surface area contributed by atoms with Crippen molar-refractivity contribution in [2.24, 2.45) is 11.8 Å². The predicted octanol–water partition coefficient (Wildman–Crippen LogP) is 0.623. The van der Waals surface area contributed by atoms with Gasteiger partial charge in [0.15, 0.2) is 18.3 Å². The van der Waals surface area contributed by atoms with Crippen LogP contribution in [0.15, 0.2) is 24.0 Å². The zero-order valence-corrected chi connectivity index (χ0v) is 24.0. The van der Waals surface area contributed by atoms with Gasteiger partial charge in [-0.15, -0.1) is 0 Å². The maximum Gasteiger partial charge on any atom is 0.303 e. The van der Waals surface area contributed by atoms with Gasteiger partial charge in [0.1, 0.15) is 25.4 Å². The Morgan fingerprint density at radius 1 is 0.690 bits per heavy atom. The summed E-state index contributed by atoms with van der Waals surface area (Å²) in [5.41, 5.74) is 0.515. The fourth-order valence-corrected chi connectivity index (χ4v) is 4.95. The average Bonchev–Trinajstić information content (AvgIpc) is 3.22. The summed E-state index contributed by atoms with van der Waals surface area (Å²) < 4.78 is 49.9. The lowest BCUT2D eigenvalue weighted by molar-refractivity contribution is -0.342. The monoisotopic (exact) mass is 598 g/mol. The fraction of sp³-hybridized carbons (Fsp3) is 0.630. The second kappa shape index (κ2) is 14.3. The van der Waals surface area contributed by atoms with Crippen LogP contribution in [0.25, 0.3) is 0 Å².